The Morgan fingerprint density at radius 3 is 2.67 bits per heavy atom. The molecule has 1 aromatic carbocycles. The van der Waals surface area contributed by atoms with Crippen LogP contribution < -0.4 is 4.90 Å². The van der Waals surface area contributed by atoms with Gasteiger partial charge in [-0.2, -0.15) is 0 Å². The molecule has 1 aliphatic heterocycles. The molecule has 4 heteroatoms. The van der Waals surface area contributed by atoms with Gasteiger partial charge in [0.2, 0.25) is 0 Å². The van der Waals surface area contributed by atoms with Gasteiger partial charge in [0, 0.05) is 19.3 Å². The molecular formula is C17H21N3O. The van der Waals surface area contributed by atoms with Gasteiger partial charge >= 0.3 is 0 Å². The van der Waals surface area contributed by atoms with Crippen molar-refractivity contribution in [3.05, 3.63) is 53.5 Å². The Morgan fingerprint density at radius 1 is 1.14 bits per heavy atom. The van der Waals surface area contributed by atoms with E-state index in [2.05, 4.69) is 46.1 Å². The topological polar surface area (TPSA) is 38.2 Å². The molecule has 1 fully saturated rings. The molecule has 2 unspecified atom stereocenters. The first-order chi connectivity index (χ1) is 10.1. The van der Waals surface area contributed by atoms with E-state index in [1.54, 1.807) is 0 Å². The van der Waals surface area contributed by atoms with Gasteiger partial charge in [-0.05, 0) is 26.3 Å². The highest BCUT2D eigenvalue weighted by molar-refractivity contribution is 5.44. The Balaban J connectivity index is 1.88. The maximum atomic E-state index is 6.10. The Kier molecular flexibility index (Phi) is 3.88. The summed E-state index contributed by atoms with van der Waals surface area (Å²) in [6.45, 7) is 7.77. The second kappa shape index (κ2) is 5.82. The lowest BCUT2D eigenvalue weighted by Crippen LogP contribution is -2.43. The van der Waals surface area contributed by atoms with Crippen molar-refractivity contribution < 1.29 is 4.74 Å². The van der Waals surface area contributed by atoms with Gasteiger partial charge in [-0.15, -0.1) is 0 Å². The van der Waals surface area contributed by atoms with Gasteiger partial charge < -0.3 is 9.64 Å². The van der Waals surface area contributed by atoms with Gasteiger partial charge in [-0.1, -0.05) is 30.3 Å². The van der Waals surface area contributed by atoms with Crippen LogP contribution in [0.5, 0.6) is 0 Å². The molecule has 2 aromatic rings. The van der Waals surface area contributed by atoms with Gasteiger partial charge in [0.1, 0.15) is 6.10 Å². The highest BCUT2D eigenvalue weighted by Crippen LogP contribution is 2.28. The minimum atomic E-state index is 0.0802. The van der Waals surface area contributed by atoms with Crippen LogP contribution in [-0.2, 0) is 4.74 Å². The normalized spacial score (nSPS) is 22.3. The zero-order chi connectivity index (χ0) is 14.8. The summed E-state index contributed by atoms with van der Waals surface area (Å²) in [5.41, 5.74) is 3.14. The molecule has 21 heavy (non-hydrogen) atoms. The number of benzene rings is 1. The van der Waals surface area contributed by atoms with Crippen LogP contribution in [0.3, 0.4) is 0 Å². The zero-order valence-corrected chi connectivity index (χ0v) is 12.8. The third-order valence-electron chi connectivity index (χ3n) is 3.78. The Morgan fingerprint density at radius 2 is 1.90 bits per heavy atom. The quantitative estimate of drug-likeness (QED) is 0.849. The Bertz CT molecular complexity index is 615. The van der Waals surface area contributed by atoms with Crippen molar-refractivity contribution in [1.82, 2.24) is 9.97 Å². The van der Waals surface area contributed by atoms with E-state index in [-0.39, 0.29) is 12.2 Å². The molecule has 3 rings (SSSR count). The van der Waals surface area contributed by atoms with Crippen LogP contribution in [0, 0.1) is 13.8 Å². The lowest BCUT2D eigenvalue weighted by Gasteiger charge is -2.38. The van der Waals surface area contributed by atoms with Crippen LogP contribution in [0.1, 0.15) is 30.0 Å². The molecule has 2 heterocycles. The summed E-state index contributed by atoms with van der Waals surface area (Å²) >= 11 is 0. The molecule has 1 aliphatic rings. The van der Waals surface area contributed by atoms with Crippen LogP contribution in [0.2, 0.25) is 0 Å². The monoisotopic (exact) mass is 283 g/mol. The Labute approximate surface area is 125 Å². The second-order valence-corrected chi connectivity index (χ2v) is 5.67. The van der Waals surface area contributed by atoms with E-state index in [4.69, 9.17) is 4.74 Å². The van der Waals surface area contributed by atoms with Crippen molar-refractivity contribution in [3.8, 4) is 0 Å². The summed E-state index contributed by atoms with van der Waals surface area (Å²) < 4.78 is 6.10. The van der Waals surface area contributed by atoms with Crippen LogP contribution in [0.4, 0.5) is 5.82 Å². The number of aryl methyl sites for hydroxylation is 2. The predicted molar refractivity (Wildman–Crippen MR) is 83.4 cm³/mol. The van der Waals surface area contributed by atoms with Crippen molar-refractivity contribution in [2.45, 2.75) is 33.0 Å². The predicted octanol–water partition coefficient (Wildman–Crippen LogP) is 3.06. The highest BCUT2D eigenvalue weighted by atomic mass is 16.5. The highest BCUT2D eigenvalue weighted by Gasteiger charge is 2.28. The molecule has 0 radical (unpaired) electrons. The van der Waals surface area contributed by atoms with Crippen LogP contribution >= 0.6 is 0 Å². The summed E-state index contributed by atoms with van der Waals surface area (Å²) in [6.07, 6.45) is 2.07. The van der Waals surface area contributed by atoms with E-state index in [1.165, 1.54) is 5.56 Å². The van der Waals surface area contributed by atoms with Crippen LogP contribution in [-0.4, -0.2) is 29.2 Å². The van der Waals surface area contributed by atoms with Crippen molar-refractivity contribution >= 4 is 5.82 Å². The third kappa shape index (κ3) is 3.05. The molecule has 0 bridgehead atoms. The van der Waals surface area contributed by atoms with Gasteiger partial charge in [0.05, 0.1) is 17.5 Å². The Hall–Kier alpha value is -1.94. The number of morpholine rings is 1. The number of ether oxygens (including phenoxy) is 1. The number of nitrogens with zero attached hydrogens (tertiary/aromatic N) is 3. The molecule has 1 aromatic heterocycles. The van der Waals surface area contributed by atoms with Gasteiger partial charge in [-0.25, -0.2) is 4.98 Å². The first-order valence-corrected chi connectivity index (χ1v) is 7.39. The van der Waals surface area contributed by atoms with Crippen molar-refractivity contribution in [3.63, 3.8) is 0 Å². The molecule has 4 nitrogen and oxygen atoms in total. The lowest BCUT2D eigenvalue weighted by atomic mass is 10.1. The fourth-order valence-corrected chi connectivity index (χ4v) is 2.80. The second-order valence-electron chi connectivity index (χ2n) is 5.67. The number of rotatable bonds is 2. The van der Waals surface area contributed by atoms with Gasteiger partial charge in [0.15, 0.2) is 5.82 Å². The van der Waals surface area contributed by atoms with E-state index in [0.29, 0.717) is 0 Å². The molecule has 0 amide bonds. The fraction of sp³-hybridized carbons (Fsp3) is 0.412. The number of hydrogen-bond donors (Lipinski definition) is 0. The molecule has 0 spiro atoms. The van der Waals surface area contributed by atoms with Gasteiger partial charge in [0.25, 0.3) is 0 Å². The van der Waals surface area contributed by atoms with E-state index in [1.807, 2.05) is 26.1 Å². The first-order valence-electron chi connectivity index (χ1n) is 7.39. The van der Waals surface area contributed by atoms with Crippen molar-refractivity contribution in [1.29, 1.82) is 0 Å². The number of aromatic nitrogens is 2. The standard InChI is InChI=1S/C17H21N3O/c1-12-9-18-14(3)17(19-12)20-10-13(2)21-16(11-20)15-7-5-4-6-8-15/h4-9,13,16H,10-11H2,1-3H3. The minimum absolute atomic E-state index is 0.0802. The molecule has 0 aliphatic carbocycles. The zero-order valence-electron chi connectivity index (χ0n) is 12.8. The maximum Gasteiger partial charge on any atom is 0.150 e. The summed E-state index contributed by atoms with van der Waals surface area (Å²) in [7, 11) is 0. The molecule has 0 N–H and O–H groups in total. The van der Waals surface area contributed by atoms with Crippen molar-refractivity contribution in [2.24, 2.45) is 0 Å². The lowest BCUT2D eigenvalue weighted by molar-refractivity contribution is -0.0176. The summed E-state index contributed by atoms with van der Waals surface area (Å²) in [6, 6.07) is 10.4. The van der Waals surface area contributed by atoms with E-state index >= 15 is 0 Å². The average Bonchev–Trinajstić information content (AvgIpc) is 2.50. The number of hydrogen-bond acceptors (Lipinski definition) is 4. The van der Waals surface area contributed by atoms with Crippen molar-refractivity contribution in [2.75, 3.05) is 18.0 Å². The average molecular weight is 283 g/mol. The summed E-state index contributed by atoms with van der Waals surface area (Å²) in [4.78, 5) is 11.4. The molecule has 0 saturated carbocycles. The van der Waals surface area contributed by atoms with E-state index < -0.39 is 0 Å². The molecule has 1 saturated heterocycles. The number of anilines is 1. The summed E-state index contributed by atoms with van der Waals surface area (Å²) in [5, 5.41) is 0. The smallest absolute Gasteiger partial charge is 0.150 e. The molecular weight excluding hydrogens is 262 g/mol. The molecule has 2 atom stereocenters. The first kappa shape index (κ1) is 14.0. The van der Waals surface area contributed by atoms with Crippen LogP contribution in [0.15, 0.2) is 36.5 Å². The van der Waals surface area contributed by atoms with E-state index in [9.17, 15) is 0 Å². The molecule has 110 valence electrons. The fourth-order valence-electron chi connectivity index (χ4n) is 2.80. The summed E-state index contributed by atoms with van der Waals surface area (Å²) in [5.74, 6) is 0.978. The van der Waals surface area contributed by atoms with Crippen LogP contribution in [0.25, 0.3) is 0 Å². The SMILES string of the molecule is Cc1cnc(C)c(N2CC(C)OC(c3ccccc3)C2)n1. The third-order valence-corrected chi connectivity index (χ3v) is 3.78. The maximum absolute atomic E-state index is 6.10. The largest absolute Gasteiger partial charge is 0.367 e. The minimum Gasteiger partial charge on any atom is -0.367 e. The van der Waals surface area contributed by atoms with Gasteiger partial charge in [-0.3, -0.25) is 4.98 Å². The van der Waals surface area contributed by atoms with E-state index in [0.717, 1.165) is 30.3 Å².